The van der Waals surface area contributed by atoms with Gasteiger partial charge < -0.3 is 7.80 Å². The molecule has 2 unspecified atom stereocenters. The van der Waals surface area contributed by atoms with Crippen LogP contribution < -0.4 is 0 Å². The molecule has 0 aromatic carbocycles. The van der Waals surface area contributed by atoms with E-state index in [2.05, 4.69) is 4.98 Å². The Balaban J connectivity index is 2.69. The Morgan fingerprint density at radius 1 is 1.48 bits per heavy atom. The minimum atomic E-state index is -1.05. The molecule has 6 nitrogen and oxygen atoms in total. The maximum Gasteiger partial charge on any atom is 0.420 e. The van der Waals surface area contributed by atoms with Gasteiger partial charge in [-0.1, -0.05) is 32.4 Å². The number of aromatic nitrogens is 1. The Labute approximate surface area is 164 Å². The standard InChI is InChI=1S/C16H19ClFIN2O4/c1-9(22)24-11-6-16(15(2,3)4,21(8-11)14(23)25-19)12-5-10(18)7-20-13(12)17/h5,7,11H,6,8H2,1-4H3. The van der Waals surface area contributed by atoms with Crippen LogP contribution in [0.25, 0.3) is 0 Å². The molecule has 0 bridgehead atoms. The number of carbonyl (C=O) groups excluding carboxylic acids is 2. The maximum absolute atomic E-state index is 13.9. The Kier molecular flexibility index (Phi) is 5.82. The fourth-order valence-electron chi connectivity index (χ4n) is 3.53. The number of ether oxygens (including phenoxy) is 1. The third kappa shape index (κ3) is 3.69. The maximum atomic E-state index is 13.9. The van der Waals surface area contributed by atoms with Crippen LogP contribution in [0, 0.1) is 11.2 Å². The lowest BCUT2D eigenvalue weighted by molar-refractivity contribution is -0.145. The van der Waals surface area contributed by atoms with Gasteiger partial charge in [-0.2, -0.15) is 0 Å². The van der Waals surface area contributed by atoms with E-state index in [1.807, 2.05) is 20.8 Å². The van der Waals surface area contributed by atoms with Gasteiger partial charge >= 0.3 is 12.1 Å². The summed E-state index contributed by atoms with van der Waals surface area (Å²) in [6.45, 7) is 7.12. The highest BCUT2D eigenvalue weighted by Crippen LogP contribution is 2.53. The molecule has 0 N–H and O–H groups in total. The van der Waals surface area contributed by atoms with E-state index in [0.717, 1.165) is 6.20 Å². The van der Waals surface area contributed by atoms with Gasteiger partial charge in [0.05, 0.1) is 18.3 Å². The summed E-state index contributed by atoms with van der Waals surface area (Å²) < 4.78 is 24.2. The lowest BCUT2D eigenvalue weighted by Gasteiger charge is -2.47. The van der Waals surface area contributed by atoms with E-state index in [1.54, 1.807) is 0 Å². The van der Waals surface area contributed by atoms with Crippen LogP contribution in [0.5, 0.6) is 0 Å². The Morgan fingerprint density at radius 3 is 2.64 bits per heavy atom. The summed E-state index contributed by atoms with van der Waals surface area (Å²) in [7, 11) is 0. The SMILES string of the molecule is CC(=O)OC1CN(C(=O)OI)C(c2cc(F)cnc2Cl)(C(C)(C)C)C1. The minimum Gasteiger partial charge on any atom is -0.461 e. The molecule has 1 aliphatic rings. The lowest BCUT2D eigenvalue weighted by atomic mass is 9.68. The first-order chi connectivity index (χ1) is 11.5. The van der Waals surface area contributed by atoms with Gasteiger partial charge in [0.15, 0.2) is 23.0 Å². The molecule has 1 amide bonds. The molecule has 0 spiro atoms. The van der Waals surface area contributed by atoms with Gasteiger partial charge in [0, 0.05) is 18.9 Å². The molecule has 1 aromatic rings. The van der Waals surface area contributed by atoms with Gasteiger partial charge in [-0.3, -0.25) is 9.69 Å². The number of hydrogen-bond acceptors (Lipinski definition) is 5. The van der Waals surface area contributed by atoms with Crippen molar-refractivity contribution >= 4 is 46.7 Å². The predicted octanol–water partition coefficient (Wildman–Crippen LogP) is 4.24. The summed E-state index contributed by atoms with van der Waals surface area (Å²) in [4.78, 5) is 29.2. The number of pyridine rings is 1. The van der Waals surface area contributed by atoms with Crippen LogP contribution in [0.4, 0.5) is 9.18 Å². The average Bonchev–Trinajstić information content (AvgIpc) is 2.88. The van der Waals surface area contributed by atoms with Gasteiger partial charge in [0.2, 0.25) is 0 Å². The van der Waals surface area contributed by atoms with Crippen molar-refractivity contribution < 1.29 is 21.8 Å². The molecule has 1 saturated heterocycles. The number of hydrogen-bond donors (Lipinski definition) is 0. The molecular formula is C16H19ClFIN2O4. The van der Waals surface area contributed by atoms with Crippen molar-refractivity contribution in [2.75, 3.05) is 6.54 Å². The fraction of sp³-hybridized carbons (Fsp3) is 0.562. The highest BCUT2D eigenvalue weighted by Gasteiger charge is 2.58. The lowest BCUT2D eigenvalue weighted by Crippen LogP contribution is -2.53. The van der Waals surface area contributed by atoms with Gasteiger partial charge in [0.1, 0.15) is 17.1 Å². The van der Waals surface area contributed by atoms with Gasteiger partial charge in [0.25, 0.3) is 0 Å². The molecule has 0 aliphatic carbocycles. The van der Waals surface area contributed by atoms with E-state index in [-0.39, 0.29) is 18.1 Å². The van der Waals surface area contributed by atoms with Crippen molar-refractivity contribution in [3.63, 3.8) is 0 Å². The van der Waals surface area contributed by atoms with Crippen LogP contribution in [-0.4, -0.2) is 34.6 Å². The quantitative estimate of drug-likeness (QED) is 0.357. The van der Waals surface area contributed by atoms with E-state index >= 15 is 0 Å². The summed E-state index contributed by atoms with van der Waals surface area (Å²) in [6, 6.07) is 1.27. The van der Waals surface area contributed by atoms with E-state index < -0.39 is 34.9 Å². The third-order valence-corrected chi connectivity index (χ3v) is 5.16. The largest absolute Gasteiger partial charge is 0.461 e. The van der Waals surface area contributed by atoms with Gasteiger partial charge in [-0.25, -0.2) is 14.2 Å². The van der Waals surface area contributed by atoms with E-state index in [0.29, 0.717) is 5.56 Å². The normalized spacial score (nSPS) is 23.5. The highest BCUT2D eigenvalue weighted by atomic mass is 127. The number of carbonyl (C=O) groups is 2. The topological polar surface area (TPSA) is 68.7 Å². The zero-order chi connectivity index (χ0) is 19.0. The fourth-order valence-corrected chi connectivity index (χ4v) is 4.03. The molecule has 1 aromatic heterocycles. The summed E-state index contributed by atoms with van der Waals surface area (Å²) in [6.07, 6.45) is 0.0889. The third-order valence-electron chi connectivity index (χ3n) is 4.48. The number of rotatable bonds is 2. The van der Waals surface area contributed by atoms with Crippen LogP contribution in [0.2, 0.25) is 5.15 Å². The van der Waals surface area contributed by atoms with E-state index in [4.69, 9.17) is 19.4 Å². The first-order valence-corrected chi connectivity index (χ1v) is 8.87. The second kappa shape index (κ2) is 7.22. The minimum absolute atomic E-state index is 0.0889. The number of halogens is 3. The van der Waals surface area contributed by atoms with Crippen LogP contribution >= 0.6 is 34.6 Å². The van der Waals surface area contributed by atoms with Gasteiger partial charge in [-0.05, 0) is 11.5 Å². The number of esters is 1. The summed E-state index contributed by atoms with van der Waals surface area (Å²) in [5, 5.41) is 0.0889. The monoisotopic (exact) mass is 484 g/mol. The molecule has 1 aliphatic heterocycles. The van der Waals surface area contributed by atoms with Crippen molar-refractivity contribution in [3.05, 3.63) is 28.8 Å². The molecular weight excluding hydrogens is 466 g/mol. The smallest absolute Gasteiger partial charge is 0.420 e. The molecule has 9 heteroatoms. The molecule has 25 heavy (non-hydrogen) atoms. The van der Waals surface area contributed by atoms with Crippen LogP contribution in [0.3, 0.4) is 0 Å². The second-order valence-electron chi connectivity index (χ2n) is 6.99. The van der Waals surface area contributed by atoms with Crippen LogP contribution in [-0.2, 0) is 18.1 Å². The number of likely N-dealkylation sites (tertiary alicyclic amines) is 1. The Morgan fingerprint density at radius 2 is 2.12 bits per heavy atom. The van der Waals surface area contributed by atoms with Crippen molar-refractivity contribution in [2.24, 2.45) is 5.41 Å². The molecule has 0 radical (unpaired) electrons. The van der Waals surface area contributed by atoms with Crippen LogP contribution in [0.15, 0.2) is 12.3 Å². The number of amides is 1. The number of nitrogens with zero attached hydrogens (tertiary/aromatic N) is 2. The summed E-state index contributed by atoms with van der Waals surface area (Å²) in [5.41, 5.74) is -1.27. The molecule has 2 heterocycles. The van der Waals surface area contributed by atoms with E-state index in [1.165, 1.54) is 40.9 Å². The molecule has 0 saturated carbocycles. The molecule has 138 valence electrons. The first-order valence-electron chi connectivity index (χ1n) is 7.62. The summed E-state index contributed by atoms with van der Waals surface area (Å²) >= 11 is 7.77. The van der Waals surface area contributed by atoms with Crippen molar-refractivity contribution in [3.8, 4) is 0 Å². The second-order valence-corrected chi connectivity index (χ2v) is 7.79. The van der Waals surface area contributed by atoms with Crippen molar-refractivity contribution in [2.45, 2.75) is 45.8 Å². The zero-order valence-electron chi connectivity index (χ0n) is 14.3. The van der Waals surface area contributed by atoms with Crippen molar-refractivity contribution in [1.82, 2.24) is 9.88 Å². The Bertz CT molecular complexity index is 697. The molecule has 2 rings (SSSR count). The molecule has 1 fully saturated rings. The molecule has 2 atom stereocenters. The Hall–Kier alpha value is -1.16. The first kappa shape index (κ1) is 20.2. The highest BCUT2D eigenvalue weighted by molar-refractivity contribution is 14.1. The van der Waals surface area contributed by atoms with E-state index in [9.17, 15) is 14.0 Å². The average molecular weight is 485 g/mol. The zero-order valence-corrected chi connectivity index (χ0v) is 17.2. The van der Waals surface area contributed by atoms with Gasteiger partial charge in [-0.15, -0.1) is 0 Å². The predicted molar refractivity (Wildman–Crippen MR) is 97.7 cm³/mol. The van der Waals surface area contributed by atoms with Crippen molar-refractivity contribution in [1.29, 1.82) is 0 Å². The van der Waals surface area contributed by atoms with Crippen LogP contribution in [0.1, 0.15) is 39.7 Å². The summed E-state index contributed by atoms with van der Waals surface area (Å²) in [5.74, 6) is -1.03.